The van der Waals surface area contributed by atoms with Crippen LogP contribution in [0.5, 0.6) is 0 Å². The molecule has 0 unspecified atom stereocenters. The summed E-state index contributed by atoms with van der Waals surface area (Å²) in [6.07, 6.45) is -20.8. The van der Waals surface area contributed by atoms with Crippen LogP contribution in [0.15, 0.2) is 11.5 Å². The van der Waals surface area contributed by atoms with Crippen molar-refractivity contribution >= 4 is 7.36 Å². The minimum absolute atomic E-state index is 0.0184. The number of allylic oxidation sites excluding steroid dienone is 2. The molecule has 1 heterocycles. The van der Waals surface area contributed by atoms with Gasteiger partial charge in [-0.3, -0.25) is 0 Å². The van der Waals surface area contributed by atoms with Gasteiger partial charge in [-0.25, -0.2) is 0 Å². The van der Waals surface area contributed by atoms with Gasteiger partial charge < -0.3 is 0 Å². The summed E-state index contributed by atoms with van der Waals surface area (Å²) in [5, 5.41) is 0. The van der Waals surface area contributed by atoms with E-state index in [1.807, 2.05) is 0 Å². The first kappa shape index (κ1) is 29.8. The zero-order chi connectivity index (χ0) is 26.5. The summed E-state index contributed by atoms with van der Waals surface area (Å²) in [5.74, 6) is -13.3. The van der Waals surface area contributed by atoms with Crippen LogP contribution in [-0.2, 0) is 9.05 Å². The quantitative estimate of drug-likeness (QED) is 0.256. The van der Waals surface area contributed by atoms with E-state index in [0.717, 1.165) is 27.7 Å². The summed E-state index contributed by atoms with van der Waals surface area (Å²) >= 11 is 0. The topological polar surface area (TPSA) is 24.9 Å². The Labute approximate surface area is 179 Å². The molecular weight excluding hydrogens is 518 g/mol. The molecule has 0 spiro atoms. The summed E-state index contributed by atoms with van der Waals surface area (Å²) in [7, 11) is -7.54. The van der Waals surface area contributed by atoms with Crippen LogP contribution in [0.3, 0.4) is 0 Å². The maximum absolute atomic E-state index is 14.7. The van der Waals surface area contributed by atoms with E-state index in [4.69, 9.17) is 0 Å². The average molecular weight is 538 g/mol. The van der Waals surface area contributed by atoms with Gasteiger partial charge in [-0.05, 0) is 0 Å². The number of hydrogen-bond donors (Lipinski definition) is 0. The Bertz CT molecular complexity index is 723. The summed E-state index contributed by atoms with van der Waals surface area (Å²) < 4.78 is 188. The third kappa shape index (κ3) is 3.91. The molecule has 0 bridgehead atoms. The van der Waals surface area contributed by atoms with Crippen LogP contribution in [0.4, 0.5) is 57.1 Å². The third-order valence-corrected chi connectivity index (χ3v) is 9.98. The second-order valence-electron chi connectivity index (χ2n) is 6.61. The van der Waals surface area contributed by atoms with Crippen LogP contribution in [0.25, 0.3) is 0 Å². The van der Waals surface area contributed by atoms with Gasteiger partial charge in [0.25, 0.3) is 0 Å². The number of nitrogens with zero attached hydrogens (tertiary/aromatic N) is 2. The fourth-order valence-electron chi connectivity index (χ4n) is 3.53. The number of hydrogen-bond acceptors (Lipinski definition) is 4. The van der Waals surface area contributed by atoms with Crippen molar-refractivity contribution in [1.82, 2.24) is 9.34 Å². The Kier molecular flexibility index (Phi) is 7.65. The Morgan fingerprint density at radius 3 is 1.09 bits per heavy atom. The van der Waals surface area contributed by atoms with Crippen molar-refractivity contribution in [3.05, 3.63) is 11.5 Å². The van der Waals surface area contributed by atoms with Crippen molar-refractivity contribution in [3.63, 3.8) is 0 Å². The minimum atomic E-state index is -7.54. The van der Waals surface area contributed by atoms with Gasteiger partial charge in [-0.2, -0.15) is 0 Å². The molecule has 0 atom stereocenters. The molecule has 1 aliphatic heterocycles. The Balaban J connectivity index is 4.33. The second-order valence-corrected chi connectivity index (χ2v) is 10.4. The second kappa shape index (κ2) is 8.47. The molecule has 0 saturated carbocycles. The number of alkyl halides is 13. The van der Waals surface area contributed by atoms with E-state index in [1.54, 1.807) is 0 Å². The van der Waals surface area contributed by atoms with E-state index in [-0.39, 0.29) is 9.34 Å². The fraction of sp³-hybridized carbons (Fsp3) is 0.867. The van der Waals surface area contributed by atoms with Crippen LogP contribution in [-0.4, -0.2) is 65.6 Å². The first-order valence-corrected chi connectivity index (χ1v) is 11.2. The standard InChI is InChI=1S/C15H20F13N2O2P/c1-5-29(6-2)33(15(26,27)28,30(7-3)8-4)31-9(10(32-33)12(17,18)19)11(16,13(20,21)22)14(23,24)25/h5-8H2,1-4H3. The SMILES string of the molecule is CCN(CC)P1(N(CC)CC)(C(F)(F)F)OC(C(F)(F)F)=C(C(F)(C(F)(F)F)C(F)(F)F)O1. The summed E-state index contributed by atoms with van der Waals surface area (Å²) in [6.45, 7) is 0.172. The third-order valence-electron chi connectivity index (χ3n) is 4.96. The van der Waals surface area contributed by atoms with E-state index in [0.29, 0.717) is 0 Å². The van der Waals surface area contributed by atoms with Crippen molar-refractivity contribution in [1.29, 1.82) is 0 Å². The molecule has 1 rings (SSSR count). The monoisotopic (exact) mass is 538 g/mol. The summed E-state index contributed by atoms with van der Waals surface area (Å²) in [5.41, 5.74) is -6.96. The zero-order valence-corrected chi connectivity index (χ0v) is 18.3. The molecule has 0 aromatic rings. The average Bonchev–Trinajstić information content (AvgIpc) is 3.00. The first-order chi connectivity index (χ1) is 14.6. The van der Waals surface area contributed by atoms with E-state index < -0.39 is 75.2 Å². The van der Waals surface area contributed by atoms with Crippen molar-refractivity contribution in [3.8, 4) is 0 Å². The molecule has 0 fully saturated rings. The predicted molar refractivity (Wildman–Crippen MR) is 90.0 cm³/mol. The van der Waals surface area contributed by atoms with Crippen molar-refractivity contribution < 1.29 is 66.1 Å². The van der Waals surface area contributed by atoms with E-state index >= 15 is 0 Å². The van der Waals surface area contributed by atoms with Gasteiger partial charge in [-0.1, -0.05) is 0 Å². The predicted octanol–water partition coefficient (Wildman–Crippen LogP) is 7.06. The normalized spacial score (nSPS) is 21.1. The van der Waals surface area contributed by atoms with Crippen LogP contribution in [0.1, 0.15) is 27.7 Å². The molecule has 0 N–H and O–H groups in total. The molecule has 198 valence electrons. The molecular formula is C15H20F13N2O2P. The van der Waals surface area contributed by atoms with Crippen LogP contribution >= 0.6 is 7.36 Å². The van der Waals surface area contributed by atoms with Crippen molar-refractivity contribution in [2.75, 3.05) is 26.2 Å². The Morgan fingerprint density at radius 2 is 0.879 bits per heavy atom. The maximum atomic E-state index is 14.7. The summed E-state index contributed by atoms with van der Waals surface area (Å²) in [6, 6.07) is 0. The number of rotatable bonds is 7. The van der Waals surface area contributed by atoms with Gasteiger partial charge in [0.15, 0.2) is 0 Å². The molecule has 0 saturated heterocycles. The Hall–Kier alpha value is -1.22. The van der Waals surface area contributed by atoms with Crippen LogP contribution in [0.2, 0.25) is 0 Å². The van der Waals surface area contributed by atoms with Gasteiger partial charge in [-0.15, -0.1) is 0 Å². The molecule has 18 heteroatoms. The van der Waals surface area contributed by atoms with Gasteiger partial charge in [0.2, 0.25) is 0 Å². The van der Waals surface area contributed by atoms with Gasteiger partial charge in [0.1, 0.15) is 0 Å². The number of halogens is 13. The van der Waals surface area contributed by atoms with Crippen LogP contribution < -0.4 is 0 Å². The molecule has 0 aromatic heterocycles. The molecule has 0 amide bonds. The Morgan fingerprint density at radius 1 is 0.576 bits per heavy atom. The zero-order valence-electron chi connectivity index (χ0n) is 17.4. The van der Waals surface area contributed by atoms with Crippen molar-refractivity contribution in [2.45, 2.75) is 57.8 Å². The molecule has 0 aromatic carbocycles. The van der Waals surface area contributed by atoms with E-state index in [2.05, 4.69) is 9.05 Å². The van der Waals surface area contributed by atoms with Gasteiger partial charge >= 0.3 is 178 Å². The van der Waals surface area contributed by atoms with Crippen molar-refractivity contribution in [2.24, 2.45) is 0 Å². The van der Waals surface area contributed by atoms with E-state index in [9.17, 15) is 57.1 Å². The molecule has 1 aliphatic rings. The van der Waals surface area contributed by atoms with Gasteiger partial charge in [0.05, 0.1) is 0 Å². The molecule has 0 aliphatic carbocycles. The summed E-state index contributed by atoms with van der Waals surface area (Å²) in [4.78, 5) is 0. The fourth-order valence-corrected chi connectivity index (χ4v) is 8.28. The molecule has 4 nitrogen and oxygen atoms in total. The first-order valence-electron chi connectivity index (χ1n) is 9.20. The van der Waals surface area contributed by atoms with E-state index in [1.165, 1.54) is 0 Å². The van der Waals surface area contributed by atoms with Gasteiger partial charge in [0, 0.05) is 0 Å². The molecule has 33 heavy (non-hydrogen) atoms. The molecule has 0 radical (unpaired) electrons. The van der Waals surface area contributed by atoms with Crippen LogP contribution in [0, 0.1) is 0 Å².